The molecule has 1 atom stereocenters. The van der Waals surface area contributed by atoms with Crippen LogP contribution in [0.3, 0.4) is 0 Å². The van der Waals surface area contributed by atoms with Crippen molar-refractivity contribution in [3.05, 3.63) is 34.9 Å². The molecule has 0 radical (unpaired) electrons. The van der Waals surface area contributed by atoms with Crippen LogP contribution in [0.25, 0.3) is 5.65 Å². The molecule has 0 amide bonds. The van der Waals surface area contributed by atoms with Gasteiger partial charge in [-0.1, -0.05) is 6.07 Å². The second-order valence-corrected chi connectivity index (χ2v) is 5.14. The molecule has 5 nitrogen and oxygen atoms in total. The van der Waals surface area contributed by atoms with E-state index in [1.807, 2.05) is 25.1 Å². The highest BCUT2D eigenvalue weighted by molar-refractivity contribution is 7.99. The monoisotopic (exact) mass is 252 g/mol. The van der Waals surface area contributed by atoms with Crippen molar-refractivity contribution in [2.75, 3.05) is 11.5 Å². The maximum Gasteiger partial charge on any atom is 0.350 e. The minimum absolute atomic E-state index is 0.0815. The van der Waals surface area contributed by atoms with Crippen LogP contribution in [0.4, 0.5) is 0 Å². The van der Waals surface area contributed by atoms with E-state index in [9.17, 15) is 4.79 Å². The van der Waals surface area contributed by atoms with E-state index in [1.165, 1.54) is 4.68 Å². The number of pyridine rings is 1. The fraction of sp³-hybridized carbons (Fsp3) is 0.455. The Morgan fingerprint density at radius 3 is 3.06 bits per heavy atom. The Kier molecular flexibility index (Phi) is 3.86. The lowest BCUT2D eigenvalue weighted by molar-refractivity contribution is 0.639. The van der Waals surface area contributed by atoms with E-state index in [-0.39, 0.29) is 11.7 Å². The van der Waals surface area contributed by atoms with Crippen LogP contribution in [-0.4, -0.2) is 31.7 Å². The standard InChI is InChI=1S/C11H16N4OS/c1-9(12)8-17-7-6-15-11(16)14-5-3-2-4-10(14)13-15/h2-5,9H,6-8,12H2,1H3. The van der Waals surface area contributed by atoms with E-state index in [2.05, 4.69) is 5.10 Å². The van der Waals surface area contributed by atoms with Crippen molar-refractivity contribution in [2.45, 2.75) is 19.5 Å². The average Bonchev–Trinajstić information content (AvgIpc) is 2.63. The van der Waals surface area contributed by atoms with Gasteiger partial charge in [-0.2, -0.15) is 11.8 Å². The minimum Gasteiger partial charge on any atom is -0.327 e. The first-order valence-corrected chi connectivity index (χ1v) is 6.71. The quantitative estimate of drug-likeness (QED) is 0.790. The summed E-state index contributed by atoms with van der Waals surface area (Å²) in [6, 6.07) is 5.72. The van der Waals surface area contributed by atoms with Gasteiger partial charge in [0.05, 0.1) is 6.54 Å². The molecule has 0 fully saturated rings. The van der Waals surface area contributed by atoms with Gasteiger partial charge < -0.3 is 5.73 Å². The summed E-state index contributed by atoms with van der Waals surface area (Å²) in [5, 5.41) is 4.25. The molecule has 2 N–H and O–H groups in total. The van der Waals surface area contributed by atoms with Gasteiger partial charge in [-0.15, -0.1) is 5.10 Å². The normalized spacial score (nSPS) is 13.1. The number of rotatable bonds is 5. The Morgan fingerprint density at radius 1 is 1.53 bits per heavy atom. The summed E-state index contributed by atoms with van der Waals surface area (Å²) in [5.41, 5.74) is 6.26. The third-order valence-corrected chi connectivity index (χ3v) is 3.55. The van der Waals surface area contributed by atoms with E-state index in [0.29, 0.717) is 12.2 Å². The second kappa shape index (κ2) is 5.37. The lowest BCUT2D eigenvalue weighted by atomic mass is 10.4. The molecule has 0 spiro atoms. The molecule has 17 heavy (non-hydrogen) atoms. The molecule has 0 bridgehead atoms. The van der Waals surface area contributed by atoms with Crippen LogP contribution in [-0.2, 0) is 6.54 Å². The molecule has 1 unspecified atom stereocenters. The van der Waals surface area contributed by atoms with Gasteiger partial charge in [0.25, 0.3) is 0 Å². The second-order valence-electron chi connectivity index (χ2n) is 3.99. The van der Waals surface area contributed by atoms with E-state index in [4.69, 9.17) is 5.73 Å². The highest BCUT2D eigenvalue weighted by Gasteiger charge is 2.05. The first-order valence-electron chi connectivity index (χ1n) is 5.56. The predicted octanol–water partition coefficient (Wildman–Crippen LogP) is 0.576. The summed E-state index contributed by atoms with van der Waals surface area (Å²) >= 11 is 1.74. The Hall–Kier alpha value is -1.27. The lowest BCUT2D eigenvalue weighted by Gasteiger charge is -2.03. The number of hydrogen-bond donors (Lipinski definition) is 1. The zero-order valence-electron chi connectivity index (χ0n) is 9.74. The zero-order valence-corrected chi connectivity index (χ0v) is 10.6. The SMILES string of the molecule is CC(N)CSCCn1nc2ccccn2c1=O. The van der Waals surface area contributed by atoms with E-state index in [1.54, 1.807) is 22.4 Å². The van der Waals surface area contributed by atoms with Crippen molar-refractivity contribution in [1.82, 2.24) is 14.2 Å². The highest BCUT2D eigenvalue weighted by Crippen LogP contribution is 2.02. The van der Waals surface area contributed by atoms with Gasteiger partial charge in [0, 0.05) is 23.7 Å². The van der Waals surface area contributed by atoms with Crippen LogP contribution >= 0.6 is 11.8 Å². The number of aryl methyl sites for hydroxylation is 1. The molecule has 0 aliphatic heterocycles. The minimum atomic E-state index is -0.0815. The van der Waals surface area contributed by atoms with E-state index >= 15 is 0 Å². The third kappa shape index (κ3) is 2.89. The summed E-state index contributed by atoms with van der Waals surface area (Å²) in [6.07, 6.45) is 1.73. The van der Waals surface area contributed by atoms with Crippen LogP contribution in [0.5, 0.6) is 0 Å². The van der Waals surface area contributed by atoms with Crippen LogP contribution in [0.2, 0.25) is 0 Å². The van der Waals surface area contributed by atoms with Gasteiger partial charge in [-0.3, -0.25) is 4.40 Å². The van der Waals surface area contributed by atoms with Crippen molar-refractivity contribution in [3.8, 4) is 0 Å². The molecule has 2 aromatic heterocycles. The van der Waals surface area contributed by atoms with Crippen molar-refractivity contribution < 1.29 is 0 Å². The fourth-order valence-corrected chi connectivity index (χ4v) is 2.37. The maximum absolute atomic E-state index is 11.9. The Bertz CT molecular complexity index is 546. The van der Waals surface area contributed by atoms with Gasteiger partial charge in [0.2, 0.25) is 0 Å². The lowest BCUT2D eigenvalue weighted by Crippen LogP contribution is -2.23. The number of fused-ring (bicyclic) bond motifs is 1. The third-order valence-electron chi connectivity index (χ3n) is 2.32. The summed E-state index contributed by atoms with van der Waals surface area (Å²) in [7, 11) is 0. The molecule has 0 aliphatic carbocycles. The highest BCUT2D eigenvalue weighted by atomic mass is 32.2. The van der Waals surface area contributed by atoms with E-state index < -0.39 is 0 Å². The molecule has 0 aliphatic rings. The fourth-order valence-electron chi connectivity index (χ4n) is 1.53. The number of nitrogens with zero attached hydrogens (tertiary/aromatic N) is 3. The molecule has 0 saturated carbocycles. The summed E-state index contributed by atoms with van der Waals surface area (Å²) in [5.74, 6) is 1.76. The molecule has 92 valence electrons. The number of nitrogens with two attached hydrogens (primary N) is 1. The van der Waals surface area contributed by atoms with Crippen molar-refractivity contribution in [1.29, 1.82) is 0 Å². The Labute approximate surface area is 104 Å². The smallest absolute Gasteiger partial charge is 0.327 e. The maximum atomic E-state index is 11.9. The molecule has 2 heterocycles. The number of hydrogen-bond acceptors (Lipinski definition) is 4. The van der Waals surface area contributed by atoms with Crippen LogP contribution in [0.1, 0.15) is 6.92 Å². The molecular formula is C11H16N4OS. The molecule has 2 aromatic rings. The first-order chi connectivity index (χ1) is 8.18. The number of aromatic nitrogens is 3. The van der Waals surface area contributed by atoms with Crippen LogP contribution in [0, 0.1) is 0 Å². The van der Waals surface area contributed by atoms with Gasteiger partial charge in [0.1, 0.15) is 0 Å². The first kappa shape index (κ1) is 12.2. The molecule has 2 rings (SSSR count). The summed E-state index contributed by atoms with van der Waals surface area (Å²) in [6.45, 7) is 2.60. The van der Waals surface area contributed by atoms with Crippen LogP contribution < -0.4 is 11.4 Å². The summed E-state index contributed by atoms with van der Waals surface area (Å²) < 4.78 is 3.06. The molecule has 0 saturated heterocycles. The Morgan fingerprint density at radius 2 is 2.35 bits per heavy atom. The molecule has 0 aromatic carbocycles. The van der Waals surface area contributed by atoms with Crippen molar-refractivity contribution in [2.24, 2.45) is 5.73 Å². The average molecular weight is 252 g/mol. The van der Waals surface area contributed by atoms with Crippen LogP contribution in [0.15, 0.2) is 29.2 Å². The molecule has 6 heteroatoms. The van der Waals surface area contributed by atoms with Crippen molar-refractivity contribution in [3.63, 3.8) is 0 Å². The topological polar surface area (TPSA) is 65.3 Å². The Balaban J connectivity index is 2.04. The van der Waals surface area contributed by atoms with Gasteiger partial charge >= 0.3 is 5.69 Å². The van der Waals surface area contributed by atoms with Crippen molar-refractivity contribution >= 4 is 17.4 Å². The van der Waals surface area contributed by atoms with Gasteiger partial charge in [-0.25, -0.2) is 9.48 Å². The largest absolute Gasteiger partial charge is 0.350 e. The number of thioether (sulfide) groups is 1. The van der Waals surface area contributed by atoms with E-state index in [0.717, 1.165) is 11.5 Å². The zero-order chi connectivity index (χ0) is 12.3. The molecular weight excluding hydrogens is 236 g/mol. The summed E-state index contributed by atoms with van der Waals surface area (Å²) in [4.78, 5) is 11.9. The predicted molar refractivity (Wildman–Crippen MR) is 70.4 cm³/mol. The van der Waals surface area contributed by atoms with Gasteiger partial charge in [-0.05, 0) is 19.1 Å². The van der Waals surface area contributed by atoms with Gasteiger partial charge in [0.15, 0.2) is 5.65 Å².